The molecule has 0 fully saturated rings. The van der Waals surface area contributed by atoms with Gasteiger partial charge in [0, 0.05) is 5.33 Å². The van der Waals surface area contributed by atoms with Gasteiger partial charge in [0.1, 0.15) is 0 Å². The lowest BCUT2D eigenvalue weighted by atomic mass is 10.2. The molecule has 0 N–H and O–H groups in total. The topological polar surface area (TPSA) is 0 Å². The highest BCUT2D eigenvalue weighted by Crippen LogP contribution is 2.02. The molecule has 0 aromatic heterocycles. The summed E-state index contributed by atoms with van der Waals surface area (Å²) >= 11 is 3.39. The van der Waals surface area contributed by atoms with Gasteiger partial charge in [0.05, 0.1) is 0 Å². The molecule has 0 saturated carbocycles. The molecular weight excluding hydrogens is 164 g/mol. The van der Waals surface area contributed by atoms with Crippen LogP contribution in [0.1, 0.15) is 32.6 Å². The minimum atomic E-state index is 1.16. The number of hydrogen-bond acceptors (Lipinski definition) is 0. The van der Waals surface area contributed by atoms with Gasteiger partial charge in [-0.1, -0.05) is 42.1 Å². The summed E-state index contributed by atoms with van der Waals surface area (Å²) in [7, 11) is 0. The maximum absolute atomic E-state index is 3.39. The molecule has 0 nitrogen and oxygen atoms in total. The van der Waals surface area contributed by atoms with Crippen molar-refractivity contribution < 1.29 is 0 Å². The van der Waals surface area contributed by atoms with E-state index in [2.05, 4.69) is 29.3 Å². The summed E-state index contributed by atoms with van der Waals surface area (Å²) < 4.78 is 0. The van der Waals surface area contributed by atoms with Crippen molar-refractivity contribution in [1.29, 1.82) is 0 Å². The quantitative estimate of drug-likeness (QED) is 0.448. The van der Waals surface area contributed by atoms with Crippen LogP contribution in [0, 0.1) is 6.42 Å². The Kier molecular flexibility index (Phi) is 7.93. The minimum absolute atomic E-state index is 1.16. The maximum atomic E-state index is 3.39. The van der Waals surface area contributed by atoms with E-state index in [1.165, 1.54) is 25.7 Å². The van der Waals surface area contributed by atoms with Crippen LogP contribution in [-0.2, 0) is 0 Å². The van der Waals surface area contributed by atoms with Crippen LogP contribution in [0.5, 0.6) is 0 Å². The first-order chi connectivity index (χ1) is 3.91. The lowest BCUT2D eigenvalue weighted by molar-refractivity contribution is 0.770. The van der Waals surface area contributed by atoms with Gasteiger partial charge in [0.25, 0.3) is 0 Å². The van der Waals surface area contributed by atoms with E-state index in [4.69, 9.17) is 0 Å². The number of halogens is 1. The lowest BCUT2D eigenvalue weighted by Crippen LogP contribution is -1.77. The number of unbranched alkanes of at least 4 members (excludes halogenated alkanes) is 4. The molecule has 0 aliphatic carbocycles. The Labute approximate surface area is 60.8 Å². The summed E-state index contributed by atoms with van der Waals surface area (Å²) in [6.07, 6.45) is 7.52. The average Bonchev–Trinajstić information content (AvgIpc) is 1.81. The molecule has 0 aromatic carbocycles. The van der Waals surface area contributed by atoms with Gasteiger partial charge in [-0.2, -0.15) is 0 Å². The highest BCUT2D eigenvalue weighted by Gasteiger charge is 1.84. The Bertz CT molecular complexity index is 29.4. The van der Waals surface area contributed by atoms with E-state index in [0.717, 1.165) is 5.33 Å². The third-order valence-corrected chi connectivity index (χ3v) is 1.64. The van der Waals surface area contributed by atoms with Crippen molar-refractivity contribution in [3.8, 4) is 0 Å². The van der Waals surface area contributed by atoms with E-state index in [1.807, 2.05) is 0 Å². The van der Waals surface area contributed by atoms with E-state index in [9.17, 15) is 0 Å². The monoisotopic (exact) mass is 177 g/mol. The van der Waals surface area contributed by atoms with E-state index in [-0.39, 0.29) is 0 Å². The number of rotatable bonds is 5. The highest BCUT2D eigenvalue weighted by atomic mass is 79.9. The van der Waals surface area contributed by atoms with Crippen molar-refractivity contribution >= 4 is 15.9 Å². The standard InChI is InChI=1S/C7H14Br/c1-2-3-4-5-6-7-8/h3H,2,4-7H2,1H3. The molecule has 0 rings (SSSR count). The summed E-state index contributed by atoms with van der Waals surface area (Å²) in [4.78, 5) is 0. The SMILES string of the molecule is CC[CH]CCCCBr. The van der Waals surface area contributed by atoms with Gasteiger partial charge < -0.3 is 0 Å². The van der Waals surface area contributed by atoms with Crippen LogP contribution in [-0.4, -0.2) is 5.33 Å². The Balaban J connectivity index is 2.53. The molecule has 0 atom stereocenters. The zero-order valence-electron chi connectivity index (χ0n) is 5.49. The molecule has 1 heteroatoms. The van der Waals surface area contributed by atoms with Gasteiger partial charge in [-0.15, -0.1) is 0 Å². The summed E-state index contributed by atoms with van der Waals surface area (Å²) in [5.41, 5.74) is 0. The summed E-state index contributed by atoms with van der Waals surface area (Å²) in [5, 5.41) is 1.16. The highest BCUT2D eigenvalue weighted by molar-refractivity contribution is 9.09. The normalized spacial score (nSPS) is 9.75. The van der Waals surface area contributed by atoms with E-state index in [0.29, 0.717) is 0 Å². The predicted octanol–water partition coefficient (Wildman–Crippen LogP) is 3.17. The first kappa shape index (κ1) is 8.48. The molecule has 0 spiro atoms. The van der Waals surface area contributed by atoms with Gasteiger partial charge in [-0.3, -0.25) is 0 Å². The van der Waals surface area contributed by atoms with Gasteiger partial charge in [-0.25, -0.2) is 0 Å². The molecule has 0 saturated heterocycles. The smallest absolute Gasteiger partial charge is 0.00313 e. The van der Waals surface area contributed by atoms with Crippen molar-refractivity contribution in [1.82, 2.24) is 0 Å². The molecule has 8 heavy (non-hydrogen) atoms. The van der Waals surface area contributed by atoms with Gasteiger partial charge in [-0.05, 0) is 12.8 Å². The van der Waals surface area contributed by atoms with Crippen LogP contribution in [0.2, 0.25) is 0 Å². The Morgan fingerprint density at radius 2 is 2.12 bits per heavy atom. The van der Waals surface area contributed by atoms with Crippen molar-refractivity contribution in [3.05, 3.63) is 6.42 Å². The first-order valence-electron chi connectivity index (χ1n) is 3.29. The molecule has 0 heterocycles. The minimum Gasteiger partial charge on any atom is -0.0928 e. The number of hydrogen-bond donors (Lipinski definition) is 0. The average molecular weight is 178 g/mol. The van der Waals surface area contributed by atoms with Crippen molar-refractivity contribution in [3.63, 3.8) is 0 Å². The van der Waals surface area contributed by atoms with Crippen molar-refractivity contribution in [2.24, 2.45) is 0 Å². The van der Waals surface area contributed by atoms with Gasteiger partial charge in [0.15, 0.2) is 0 Å². The zero-order chi connectivity index (χ0) is 6.24. The third kappa shape index (κ3) is 6.48. The van der Waals surface area contributed by atoms with E-state index in [1.54, 1.807) is 0 Å². The molecule has 49 valence electrons. The maximum Gasteiger partial charge on any atom is 0.00313 e. The van der Waals surface area contributed by atoms with Crippen LogP contribution in [0.4, 0.5) is 0 Å². The first-order valence-corrected chi connectivity index (χ1v) is 4.41. The molecule has 0 aromatic rings. The second-order valence-electron chi connectivity index (χ2n) is 1.88. The fourth-order valence-electron chi connectivity index (χ4n) is 0.587. The lowest BCUT2D eigenvalue weighted by Gasteiger charge is -1.92. The molecule has 0 aliphatic rings. The predicted molar refractivity (Wildman–Crippen MR) is 42.2 cm³/mol. The second kappa shape index (κ2) is 7.48. The van der Waals surface area contributed by atoms with Crippen LogP contribution < -0.4 is 0 Å². The Hall–Kier alpha value is 0.480. The molecule has 0 bridgehead atoms. The molecule has 0 unspecified atom stereocenters. The fraction of sp³-hybridized carbons (Fsp3) is 0.857. The van der Waals surface area contributed by atoms with Crippen LogP contribution >= 0.6 is 15.9 Å². The third-order valence-electron chi connectivity index (χ3n) is 1.08. The van der Waals surface area contributed by atoms with Crippen LogP contribution in [0.15, 0.2) is 0 Å². The fourth-order valence-corrected chi connectivity index (χ4v) is 0.984. The summed E-state index contributed by atoms with van der Waals surface area (Å²) in [6.45, 7) is 2.19. The summed E-state index contributed by atoms with van der Waals surface area (Å²) in [6, 6.07) is 0. The zero-order valence-corrected chi connectivity index (χ0v) is 7.08. The Morgan fingerprint density at radius 3 is 2.62 bits per heavy atom. The van der Waals surface area contributed by atoms with Gasteiger partial charge >= 0.3 is 0 Å². The van der Waals surface area contributed by atoms with Crippen molar-refractivity contribution in [2.75, 3.05) is 5.33 Å². The molecule has 0 aliphatic heterocycles. The molecule has 1 radical (unpaired) electrons. The van der Waals surface area contributed by atoms with Crippen molar-refractivity contribution in [2.45, 2.75) is 32.6 Å². The molecular formula is C7H14Br. The van der Waals surface area contributed by atoms with E-state index < -0.39 is 0 Å². The van der Waals surface area contributed by atoms with E-state index >= 15 is 0 Å². The largest absolute Gasteiger partial charge is 0.0928 e. The van der Waals surface area contributed by atoms with Crippen LogP contribution in [0.3, 0.4) is 0 Å². The molecule has 0 amide bonds. The second-order valence-corrected chi connectivity index (χ2v) is 2.67. The summed E-state index contributed by atoms with van der Waals surface area (Å²) in [5.74, 6) is 0. The van der Waals surface area contributed by atoms with Gasteiger partial charge in [0.2, 0.25) is 0 Å². The Morgan fingerprint density at radius 1 is 1.38 bits per heavy atom. The number of alkyl halides is 1. The van der Waals surface area contributed by atoms with Crippen LogP contribution in [0.25, 0.3) is 0 Å².